The molecule has 0 unspecified atom stereocenters. The van der Waals surface area contributed by atoms with Crippen LogP contribution in [0.15, 0.2) is 17.0 Å². The van der Waals surface area contributed by atoms with E-state index in [0.717, 1.165) is 4.90 Å². The van der Waals surface area contributed by atoms with E-state index in [1.807, 2.05) is 6.07 Å². The highest BCUT2D eigenvalue weighted by molar-refractivity contribution is 8.00. The molecule has 0 saturated carbocycles. The van der Waals surface area contributed by atoms with E-state index in [1.54, 1.807) is 6.07 Å². The summed E-state index contributed by atoms with van der Waals surface area (Å²) in [4.78, 5) is 30.6. The maximum absolute atomic E-state index is 12.3. The Kier molecular flexibility index (Phi) is 5.06. The van der Waals surface area contributed by atoms with Crippen molar-refractivity contribution >= 4 is 43.7 Å². The second kappa shape index (κ2) is 6.86. The molecule has 3 heterocycles. The van der Waals surface area contributed by atoms with Gasteiger partial charge in [0.15, 0.2) is 8.32 Å². The Morgan fingerprint density at radius 2 is 2.12 bits per heavy atom. The molecule has 0 aromatic carbocycles. The highest BCUT2D eigenvalue weighted by Gasteiger charge is 2.40. The Morgan fingerprint density at radius 3 is 2.81 bits per heavy atom. The Balaban J connectivity index is 1.67. The first-order valence-corrected chi connectivity index (χ1v) is 12.5. The van der Waals surface area contributed by atoms with Gasteiger partial charge in [0.2, 0.25) is 5.91 Å². The summed E-state index contributed by atoms with van der Waals surface area (Å²) in [5.74, 6) is 1.27. The minimum absolute atomic E-state index is 0.0863. The molecule has 1 aromatic rings. The van der Waals surface area contributed by atoms with Gasteiger partial charge in [-0.3, -0.25) is 9.69 Å². The van der Waals surface area contributed by atoms with Crippen molar-refractivity contribution in [3.05, 3.63) is 12.1 Å². The Bertz CT molecular complexity index is 735. The number of carbonyl (C=O) groups is 2. The summed E-state index contributed by atoms with van der Waals surface area (Å²) in [6.07, 6.45) is -0.755. The van der Waals surface area contributed by atoms with Crippen LogP contribution in [0.2, 0.25) is 18.1 Å². The summed E-state index contributed by atoms with van der Waals surface area (Å²) in [5, 5.41) is 2.85. The van der Waals surface area contributed by atoms with Gasteiger partial charge in [0, 0.05) is 0 Å². The van der Waals surface area contributed by atoms with Gasteiger partial charge in [0.05, 0.1) is 23.8 Å². The molecular formula is C17H25N3O4SSi. The van der Waals surface area contributed by atoms with Crippen molar-refractivity contribution in [2.24, 2.45) is 0 Å². The number of rotatable bonds is 4. The molecular weight excluding hydrogens is 370 g/mol. The lowest BCUT2D eigenvalue weighted by molar-refractivity contribution is -0.113. The third-order valence-corrected chi connectivity index (χ3v) is 10.6. The topological polar surface area (TPSA) is 80.8 Å². The van der Waals surface area contributed by atoms with Crippen molar-refractivity contribution < 1.29 is 18.8 Å². The van der Waals surface area contributed by atoms with Crippen LogP contribution >= 0.6 is 11.8 Å². The van der Waals surface area contributed by atoms with Crippen molar-refractivity contribution in [1.82, 2.24) is 4.98 Å². The fourth-order valence-electron chi connectivity index (χ4n) is 2.42. The highest BCUT2D eigenvalue weighted by atomic mass is 32.2. The number of anilines is 2. The van der Waals surface area contributed by atoms with Gasteiger partial charge in [0.1, 0.15) is 17.7 Å². The molecule has 0 radical (unpaired) electrons. The first-order chi connectivity index (χ1) is 12.1. The molecule has 0 spiro atoms. The van der Waals surface area contributed by atoms with E-state index in [4.69, 9.17) is 9.16 Å². The number of hydrogen-bond donors (Lipinski definition) is 1. The zero-order chi connectivity index (χ0) is 19.1. The number of ether oxygens (including phenoxy) is 1. The smallest absolute Gasteiger partial charge is 0.416 e. The molecule has 1 aromatic heterocycles. The normalized spacial score (nSPS) is 20.7. The Hall–Kier alpha value is -1.58. The van der Waals surface area contributed by atoms with Crippen LogP contribution in [-0.2, 0) is 14.0 Å². The van der Waals surface area contributed by atoms with Crippen molar-refractivity contribution in [3.8, 4) is 0 Å². The van der Waals surface area contributed by atoms with Crippen LogP contribution in [0.3, 0.4) is 0 Å². The number of hydrogen-bond acceptors (Lipinski definition) is 6. The van der Waals surface area contributed by atoms with Crippen LogP contribution in [0.1, 0.15) is 20.8 Å². The van der Waals surface area contributed by atoms with E-state index in [1.165, 1.54) is 16.7 Å². The monoisotopic (exact) mass is 395 g/mol. The lowest BCUT2D eigenvalue weighted by Crippen LogP contribution is -2.43. The second-order valence-electron chi connectivity index (χ2n) is 8.04. The van der Waals surface area contributed by atoms with E-state index in [2.05, 4.69) is 44.2 Å². The van der Waals surface area contributed by atoms with Crippen LogP contribution in [0.25, 0.3) is 0 Å². The maximum Gasteiger partial charge on any atom is 0.416 e. The van der Waals surface area contributed by atoms with Gasteiger partial charge in [-0.1, -0.05) is 20.8 Å². The summed E-state index contributed by atoms with van der Waals surface area (Å²) in [6.45, 7) is 11.6. The predicted molar refractivity (Wildman–Crippen MR) is 104 cm³/mol. The minimum atomic E-state index is -1.90. The quantitative estimate of drug-likeness (QED) is 0.786. The fourth-order valence-corrected chi connectivity index (χ4v) is 4.21. The summed E-state index contributed by atoms with van der Waals surface area (Å²) >= 11 is 1.44. The molecule has 1 N–H and O–H groups in total. The Labute approximate surface area is 159 Å². The van der Waals surface area contributed by atoms with Crippen molar-refractivity contribution in [2.75, 3.05) is 29.1 Å². The van der Waals surface area contributed by atoms with Crippen LogP contribution in [0, 0.1) is 0 Å². The minimum Gasteiger partial charge on any atom is -0.441 e. The first-order valence-electron chi connectivity index (χ1n) is 8.63. The van der Waals surface area contributed by atoms with Crippen molar-refractivity contribution in [2.45, 2.75) is 49.9 Å². The predicted octanol–water partition coefficient (Wildman–Crippen LogP) is 3.47. The van der Waals surface area contributed by atoms with E-state index >= 15 is 0 Å². The van der Waals surface area contributed by atoms with Crippen LogP contribution in [-0.4, -0.2) is 50.3 Å². The molecule has 9 heteroatoms. The Morgan fingerprint density at radius 1 is 1.38 bits per heavy atom. The van der Waals surface area contributed by atoms with Crippen LogP contribution in [0.5, 0.6) is 0 Å². The largest absolute Gasteiger partial charge is 0.441 e. The standard InChI is InChI=1S/C17H25N3O4SSi/c1-17(2,3)26(4,5)23-9-11-8-20(16(22)24-11)13-7-6-12-15(18-13)19-14(21)10-25-12/h6-7,11H,8-10H2,1-5H3,(H,18,19,21)/t11-/m1/s1. The van der Waals surface area contributed by atoms with Gasteiger partial charge in [0.25, 0.3) is 0 Å². The van der Waals surface area contributed by atoms with E-state index in [-0.39, 0.29) is 17.0 Å². The molecule has 7 nitrogen and oxygen atoms in total. The molecule has 1 atom stereocenters. The summed E-state index contributed by atoms with van der Waals surface area (Å²) in [6, 6.07) is 3.65. The number of carbonyl (C=O) groups excluding carboxylic acids is 2. The second-order valence-corrected chi connectivity index (χ2v) is 13.9. The van der Waals surface area contributed by atoms with E-state index < -0.39 is 14.4 Å². The molecule has 26 heavy (non-hydrogen) atoms. The molecule has 2 aliphatic rings. The number of thioether (sulfide) groups is 1. The third-order valence-electron chi connectivity index (χ3n) is 5.05. The first kappa shape index (κ1) is 19.2. The van der Waals surface area contributed by atoms with Crippen LogP contribution in [0.4, 0.5) is 16.4 Å². The number of pyridine rings is 1. The van der Waals surface area contributed by atoms with Gasteiger partial charge in [-0.15, -0.1) is 11.8 Å². The molecule has 142 valence electrons. The molecule has 1 fully saturated rings. The highest BCUT2D eigenvalue weighted by Crippen LogP contribution is 2.37. The number of nitrogens with one attached hydrogen (secondary N) is 1. The van der Waals surface area contributed by atoms with Crippen molar-refractivity contribution in [1.29, 1.82) is 0 Å². The van der Waals surface area contributed by atoms with Gasteiger partial charge < -0.3 is 14.5 Å². The summed E-state index contributed by atoms with van der Waals surface area (Å²) in [7, 11) is -1.90. The lowest BCUT2D eigenvalue weighted by atomic mass is 10.2. The summed E-state index contributed by atoms with van der Waals surface area (Å²) < 4.78 is 11.6. The fraction of sp³-hybridized carbons (Fsp3) is 0.588. The zero-order valence-electron chi connectivity index (χ0n) is 15.8. The SMILES string of the molecule is CC(C)(C)[Si](C)(C)OC[C@H]1CN(c2ccc3c(n2)NC(=O)CS3)C(=O)O1. The van der Waals surface area contributed by atoms with Crippen LogP contribution < -0.4 is 10.2 Å². The van der Waals surface area contributed by atoms with Crippen molar-refractivity contribution in [3.63, 3.8) is 0 Å². The average Bonchev–Trinajstić information content (AvgIpc) is 2.92. The molecule has 1 saturated heterocycles. The van der Waals surface area contributed by atoms with E-state index in [9.17, 15) is 9.59 Å². The van der Waals surface area contributed by atoms with E-state index in [0.29, 0.717) is 30.5 Å². The van der Waals surface area contributed by atoms with Gasteiger partial charge >= 0.3 is 6.09 Å². The average molecular weight is 396 g/mol. The van der Waals surface area contributed by atoms with Gasteiger partial charge in [-0.05, 0) is 30.3 Å². The lowest BCUT2D eigenvalue weighted by Gasteiger charge is -2.36. The molecule has 0 aliphatic carbocycles. The number of nitrogens with zero attached hydrogens (tertiary/aromatic N) is 2. The van der Waals surface area contributed by atoms with Gasteiger partial charge in [-0.2, -0.15) is 0 Å². The zero-order valence-corrected chi connectivity index (χ0v) is 17.6. The summed E-state index contributed by atoms with van der Waals surface area (Å²) in [5.41, 5.74) is 0. The number of amides is 2. The maximum atomic E-state index is 12.3. The number of aromatic nitrogens is 1. The molecule has 3 rings (SSSR count). The molecule has 2 amide bonds. The number of cyclic esters (lactones) is 1. The van der Waals surface area contributed by atoms with Gasteiger partial charge in [-0.25, -0.2) is 9.78 Å². The third kappa shape index (κ3) is 3.89. The molecule has 2 aliphatic heterocycles. The number of fused-ring (bicyclic) bond motifs is 1. The molecule has 0 bridgehead atoms.